The Hall–Kier alpha value is -2.84. The number of alkyl halides is 2. The zero-order chi connectivity index (χ0) is 22.9. The normalized spacial score (nSPS) is 17.8. The quantitative estimate of drug-likeness (QED) is 0.727. The number of halogens is 2. The van der Waals surface area contributed by atoms with E-state index in [1.165, 1.54) is 37.1 Å². The fourth-order valence-electron chi connectivity index (χ4n) is 3.09. The average molecular weight is 424 g/mol. The van der Waals surface area contributed by atoms with Gasteiger partial charge < -0.3 is 15.7 Å². The highest BCUT2D eigenvalue weighted by molar-refractivity contribution is 5.42. The fraction of sp³-hybridized carbons (Fsp3) is 0.524. The Bertz CT molecular complexity index is 782. The third-order valence-corrected chi connectivity index (χ3v) is 4.54. The highest BCUT2D eigenvalue weighted by Gasteiger charge is 2.37. The van der Waals surface area contributed by atoms with E-state index in [0.29, 0.717) is 23.6 Å². The molecule has 3 N–H and O–H groups in total. The predicted molar refractivity (Wildman–Crippen MR) is 112 cm³/mol. The van der Waals surface area contributed by atoms with E-state index in [2.05, 4.69) is 46.4 Å². The molecule has 2 unspecified atom stereocenters. The number of amides is 1. The van der Waals surface area contributed by atoms with Crippen LogP contribution in [0.5, 0.6) is 5.75 Å². The first kappa shape index (κ1) is 25.2. The van der Waals surface area contributed by atoms with Gasteiger partial charge in [0.1, 0.15) is 0 Å². The van der Waals surface area contributed by atoms with Crippen molar-refractivity contribution in [3.05, 3.63) is 42.0 Å². The van der Waals surface area contributed by atoms with E-state index < -0.39 is 5.92 Å². The Kier molecular flexibility index (Phi) is 9.55. The predicted octanol–water partition coefficient (Wildman–Crippen LogP) is 3.66. The van der Waals surface area contributed by atoms with E-state index in [1.807, 2.05) is 0 Å². The number of hydrogen-bond acceptors (Lipinski definition) is 6. The molecule has 7 nitrogen and oxygen atoms in total. The van der Waals surface area contributed by atoms with E-state index >= 15 is 0 Å². The molecule has 0 radical (unpaired) electrons. The van der Waals surface area contributed by atoms with Gasteiger partial charge in [0.2, 0.25) is 12.4 Å². The number of pyridine rings is 1. The summed E-state index contributed by atoms with van der Waals surface area (Å²) >= 11 is 0. The molecule has 3 heterocycles. The lowest BCUT2D eigenvalue weighted by Crippen LogP contribution is -2.56. The van der Waals surface area contributed by atoms with E-state index in [-0.39, 0.29) is 17.7 Å². The molecule has 1 aliphatic rings. The van der Waals surface area contributed by atoms with Crippen molar-refractivity contribution in [2.24, 2.45) is 17.6 Å². The molecule has 1 fully saturated rings. The molecule has 166 valence electrons. The van der Waals surface area contributed by atoms with Crippen LogP contribution in [0.25, 0.3) is 0 Å². The number of nitrogens with two attached hydrogens (primary N) is 1. The Balaban J connectivity index is 0.000000280. The summed E-state index contributed by atoms with van der Waals surface area (Å²) in [5.74, 6) is -0.500. The number of nitrogens with zero attached hydrogens (tertiary/aromatic N) is 4. The van der Waals surface area contributed by atoms with Gasteiger partial charge in [0, 0.05) is 37.0 Å². The number of carbonyl (C=O) groups excluding carboxylic acids is 1. The zero-order valence-corrected chi connectivity index (χ0v) is 18.1. The van der Waals surface area contributed by atoms with Gasteiger partial charge in [-0.1, -0.05) is 20.8 Å². The molecule has 30 heavy (non-hydrogen) atoms. The fourth-order valence-corrected chi connectivity index (χ4v) is 3.09. The standard InChI is InChI=1S/C12H19N3O.C8H9F2N.CH3NO/c1-8(2)4-11-9(3)7-15(11)12-13-5-10(16)6-14-12;1-6-5-7(3-4-11-6)8(2,9)10;2-1-3/h5-6,8-9,11,16H,4,7H2,1-3H3;3-5H,1-2H3;1H,(H2,2,3). The van der Waals surface area contributed by atoms with Crippen LogP contribution >= 0.6 is 0 Å². The molecule has 9 heteroatoms. The summed E-state index contributed by atoms with van der Waals surface area (Å²) < 4.78 is 25.2. The number of anilines is 1. The molecule has 0 aromatic carbocycles. The lowest BCUT2D eigenvalue weighted by Gasteiger charge is -2.47. The molecular formula is C21H31F2N5O2. The van der Waals surface area contributed by atoms with Crippen molar-refractivity contribution in [1.29, 1.82) is 0 Å². The highest BCUT2D eigenvalue weighted by Crippen LogP contribution is 2.32. The minimum Gasteiger partial charge on any atom is -0.505 e. The van der Waals surface area contributed by atoms with Crippen LogP contribution in [0.15, 0.2) is 30.7 Å². The van der Waals surface area contributed by atoms with Crippen molar-refractivity contribution in [2.45, 2.75) is 53.0 Å². The minimum absolute atomic E-state index is 0.0185. The summed E-state index contributed by atoms with van der Waals surface area (Å²) in [6.45, 7) is 10.3. The van der Waals surface area contributed by atoms with Crippen LogP contribution in [0.2, 0.25) is 0 Å². The largest absolute Gasteiger partial charge is 0.505 e. The number of hydrogen-bond donors (Lipinski definition) is 2. The van der Waals surface area contributed by atoms with E-state index in [0.717, 1.165) is 19.4 Å². The van der Waals surface area contributed by atoms with Gasteiger partial charge in [0.25, 0.3) is 5.92 Å². The second kappa shape index (κ2) is 11.4. The molecule has 0 aliphatic carbocycles. The summed E-state index contributed by atoms with van der Waals surface area (Å²) in [5, 5.41) is 9.15. The zero-order valence-electron chi connectivity index (χ0n) is 18.1. The van der Waals surface area contributed by atoms with Crippen LogP contribution in [0.3, 0.4) is 0 Å². The molecule has 1 saturated heterocycles. The van der Waals surface area contributed by atoms with Gasteiger partial charge in [-0.2, -0.15) is 0 Å². The van der Waals surface area contributed by atoms with Gasteiger partial charge in [0.15, 0.2) is 5.75 Å². The van der Waals surface area contributed by atoms with Crippen LogP contribution in [0.4, 0.5) is 14.7 Å². The molecular weight excluding hydrogens is 392 g/mol. The molecule has 3 rings (SSSR count). The maximum absolute atomic E-state index is 12.6. The summed E-state index contributed by atoms with van der Waals surface area (Å²) in [7, 11) is 0. The number of aryl methyl sites for hydroxylation is 1. The van der Waals surface area contributed by atoms with Gasteiger partial charge in [-0.25, -0.2) is 18.7 Å². The van der Waals surface area contributed by atoms with Crippen molar-refractivity contribution < 1.29 is 18.7 Å². The van der Waals surface area contributed by atoms with Crippen LogP contribution in [0, 0.1) is 18.8 Å². The van der Waals surface area contributed by atoms with Crippen molar-refractivity contribution in [2.75, 3.05) is 11.4 Å². The molecule has 2 aromatic heterocycles. The maximum Gasteiger partial charge on any atom is 0.270 e. The van der Waals surface area contributed by atoms with E-state index in [4.69, 9.17) is 9.90 Å². The van der Waals surface area contributed by atoms with Crippen molar-refractivity contribution in [3.8, 4) is 5.75 Å². The van der Waals surface area contributed by atoms with Crippen LogP contribution in [-0.4, -0.2) is 39.1 Å². The lowest BCUT2D eigenvalue weighted by atomic mass is 9.84. The molecule has 0 saturated carbocycles. The summed E-state index contributed by atoms with van der Waals surface area (Å²) in [6, 6.07) is 3.26. The smallest absolute Gasteiger partial charge is 0.270 e. The Labute approximate surface area is 176 Å². The molecule has 2 atom stereocenters. The number of primary amides is 1. The lowest BCUT2D eigenvalue weighted by molar-refractivity contribution is -0.106. The second-order valence-corrected chi connectivity index (χ2v) is 7.78. The van der Waals surface area contributed by atoms with E-state index in [9.17, 15) is 8.78 Å². The molecule has 0 bridgehead atoms. The van der Waals surface area contributed by atoms with Crippen LogP contribution < -0.4 is 10.6 Å². The molecule has 1 amide bonds. The summed E-state index contributed by atoms with van der Waals surface area (Å²) in [4.78, 5) is 22.9. The van der Waals surface area contributed by atoms with Gasteiger partial charge in [-0.3, -0.25) is 9.78 Å². The Morgan fingerprint density at radius 2 is 1.90 bits per heavy atom. The van der Waals surface area contributed by atoms with Gasteiger partial charge >= 0.3 is 0 Å². The first-order chi connectivity index (χ1) is 14.0. The average Bonchev–Trinajstić information content (AvgIpc) is 2.66. The first-order valence-corrected chi connectivity index (χ1v) is 9.73. The second-order valence-electron chi connectivity index (χ2n) is 7.78. The topological polar surface area (TPSA) is 105 Å². The third-order valence-electron chi connectivity index (χ3n) is 4.54. The highest BCUT2D eigenvalue weighted by atomic mass is 19.3. The Morgan fingerprint density at radius 3 is 2.30 bits per heavy atom. The van der Waals surface area contributed by atoms with Crippen molar-refractivity contribution in [3.63, 3.8) is 0 Å². The SMILES string of the molecule is CC(C)CC1C(C)CN1c1ncc(O)cn1.Cc1cc(C(C)(F)F)ccn1.NC=O. The molecule has 1 aliphatic heterocycles. The number of carbonyl (C=O) groups is 1. The third kappa shape index (κ3) is 7.88. The van der Waals surface area contributed by atoms with E-state index in [1.54, 1.807) is 6.92 Å². The monoisotopic (exact) mass is 423 g/mol. The first-order valence-electron chi connectivity index (χ1n) is 9.73. The summed E-state index contributed by atoms with van der Waals surface area (Å²) in [6.07, 6.45) is 5.73. The minimum atomic E-state index is -2.76. The molecule has 2 aromatic rings. The van der Waals surface area contributed by atoms with Crippen LogP contribution in [-0.2, 0) is 10.7 Å². The van der Waals surface area contributed by atoms with Crippen molar-refractivity contribution in [1.82, 2.24) is 15.0 Å². The summed E-state index contributed by atoms with van der Waals surface area (Å²) in [5.41, 5.74) is 4.80. The van der Waals surface area contributed by atoms with Gasteiger partial charge in [-0.15, -0.1) is 0 Å². The number of rotatable bonds is 4. The molecule has 0 spiro atoms. The Morgan fingerprint density at radius 1 is 1.33 bits per heavy atom. The van der Waals surface area contributed by atoms with Crippen molar-refractivity contribution >= 4 is 12.4 Å². The maximum atomic E-state index is 12.6. The van der Waals surface area contributed by atoms with Gasteiger partial charge in [-0.05, 0) is 37.3 Å². The van der Waals surface area contributed by atoms with Gasteiger partial charge in [0.05, 0.1) is 12.4 Å². The number of aromatic hydroxyl groups is 1. The van der Waals surface area contributed by atoms with Crippen LogP contribution in [0.1, 0.15) is 45.4 Å². The number of aromatic nitrogens is 3.